The number of aliphatic imine (C=N–C) groups is 3. The maximum atomic E-state index is 11.9. The molecule has 0 saturated carbocycles. The monoisotopic (exact) mass is 345 g/mol. The summed E-state index contributed by atoms with van der Waals surface area (Å²) in [5, 5.41) is 5.51. The van der Waals surface area contributed by atoms with Gasteiger partial charge in [0.2, 0.25) is 11.9 Å². The molecule has 1 aliphatic heterocycles. The Labute approximate surface area is 149 Å². The quantitative estimate of drug-likeness (QED) is 0.474. The molecule has 0 saturated heterocycles. The van der Waals surface area contributed by atoms with Crippen LogP contribution in [-0.4, -0.2) is 49.0 Å². The molecule has 0 radical (unpaired) electrons. The first kappa shape index (κ1) is 20.1. The first-order valence-electron chi connectivity index (χ1n) is 8.30. The SMILES string of the molecule is C\C=C/N=C/C=C/CN1/C=N/C(=NCCCC)N/C(N)=C/NC(=O)C1. The van der Waals surface area contributed by atoms with Gasteiger partial charge in [0.25, 0.3) is 0 Å². The van der Waals surface area contributed by atoms with Gasteiger partial charge in [-0.2, -0.15) is 0 Å². The number of amides is 1. The summed E-state index contributed by atoms with van der Waals surface area (Å²) in [7, 11) is 0. The minimum absolute atomic E-state index is 0.159. The molecule has 0 aromatic rings. The Balaban J connectivity index is 2.78. The van der Waals surface area contributed by atoms with Gasteiger partial charge in [-0.25, -0.2) is 4.99 Å². The molecule has 0 unspecified atom stereocenters. The van der Waals surface area contributed by atoms with Gasteiger partial charge in [0.15, 0.2) is 0 Å². The van der Waals surface area contributed by atoms with E-state index in [2.05, 4.69) is 32.5 Å². The largest absolute Gasteiger partial charge is 0.384 e. The molecular weight excluding hydrogens is 318 g/mol. The highest BCUT2D eigenvalue weighted by Crippen LogP contribution is 1.93. The Hall–Kier alpha value is -2.90. The summed E-state index contributed by atoms with van der Waals surface area (Å²) < 4.78 is 0. The summed E-state index contributed by atoms with van der Waals surface area (Å²) in [5.74, 6) is 0.523. The molecule has 0 aromatic carbocycles. The molecule has 0 aliphatic carbocycles. The molecule has 136 valence electrons. The Bertz CT molecular complexity index is 588. The van der Waals surface area contributed by atoms with Crippen molar-refractivity contribution in [3.63, 3.8) is 0 Å². The molecule has 8 heteroatoms. The van der Waals surface area contributed by atoms with Crippen LogP contribution in [0.1, 0.15) is 26.7 Å². The second kappa shape index (κ2) is 12.5. The summed E-state index contributed by atoms with van der Waals surface area (Å²) in [4.78, 5) is 26.4. The standard InChI is InChI=1S/C17H27N7O/c1-3-5-10-20-17-22-14-24(11-7-6-9-19-8-4-2)13-16(25)21-12-15(18)23-17/h4,6-9,12,14H,3,5,10-11,13,18H2,1-2H3,(H,20,23)(H,21,25)/b7-6+,8-4-,15-12+,19-9+,22-14+. The van der Waals surface area contributed by atoms with E-state index in [9.17, 15) is 4.79 Å². The highest BCUT2D eigenvalue weighted by Gasteiger charge is 2.08. The van der Waals surface area contributed by atoms with Crippen molar-refractivity contribution in [2.75, 3.05) is 19.6 Å². The Morgan fingerprint density at radius 3 is 3.08 bits per heavy atom. The average molecular weight is 345 g/mol. The van der Waals surface area contributed by atoms with Crippen LogP contribution in [0.25, 0.3) is 0 Å². The first-order valence-corrected chi connectivity index (χ1v) is 8.30. The van der Waals surface area contributed by atoms with E-state index in [1.54, 1.807) is 23.7 Å². The lowest BCUT2D eigenvalue weighted by molar-refractivity contribution is -0.120. The van der Waals surface area contributed by atoms with Crippen LogP contribution in [0.4, 0.5) is 0 Å². The third-order valence-electron chi connectivity index (χ3n) is 2.99. The fourth-order valence-electron chi connectivity index (χ4n) is 1.74. The van der Waals surface area contributed by atoms with Gasteiger partial charge in [0.1, 0.15) is 5.82 Å². The second-order valence-electron chi connectivity index (χ2n) is 5.23. The van der Waals surface area contributed by atoms with Crippen LogP contribution in [0.15, 0.2) is 51.4 Å². The van der Waals surface area contributed by atoms with Gasteiger partial charge in [-0.05, 0) is 19.4 Å². The predicted octanol–water partition coefficient (Wildman–Crippen LogP) is 1.11. The number of carbonyl (C=O) groups is 1. The average Bonchev–Trinajstić information content (AvgIpc) is 2.60. The topological polar surface area (TPSA) is 107 Å². The molecule has 1 rings (SSSR count). The van der Waals surface area contributed by atoms with Crippen molar-refractivity contribution in [3.05, 3.63) is 36.4 Å². The number of nitrogens with two attached hydrogens (primary N) is 1. The van der Waals surface area contributed by atoms with E-state index >= 15 is 0 Å². The van der Waals surface area contributed by atoms with Gasteiger partial charge in [0.05, 0.1) is 12.9 Å². The van der Waals surface area contributed by atoms with Crippen molar-refractivity contribution in [3.8, 4) is 0 Å². The van der Waals surface area contributed by atoms with E-state index in [0.29, 0.717) is 19.0 Å². The van der Waals surface area contributed by atoms with Gasteiger partial charge in [-0.1, -0.05) is 25.5 Å². The number of guanidine groups is 1. The summed E-state index contributed by atoms with van der Waals surface area (Å²) in [6.07, 6.45) is 14.0. The van der Waals surface area contributed by atoms with Crippen LogP contribution in [0.2, 0.25) is 0 Å². The number of unbranched alkanes of at least 4 members (excludes halogenated alkanes) is 1. The van der Waals surface area contributed by atoms with Crippen molar-refractivity contribution >= 4 is 24.4 Å². The van der Waals surface area contributed by atoms with Crippen LogP contribution in [0, 0.1) is 0 Å². The van der Waals surface area contributed by atoms with E-state index in [1.165, 1.54) is 6.20 Å². The van der Waals surface area contributed by atoms with Crippen LogP contribution in [-0.2, 0) is 4.79 Å². The lowest BCUT2D eigenvalue weighted by Gasteiger charge is -2.18. The zero-order valence-electron chi connectivity index (χ0n) is 14.9. The molecular formula is C17H27N7O. The van der Waals surface area contributed by atoms with Crippen molar-refractivity contribution < 1.29 is 4.79 Å². The number of allylic oxidation sites excluding steroid dienone is 2. The first-order chi connectivity index (χ1) is 12.2. The number of hydrogen-bond donors (Lipinski definition) is 3. The summed E-state index contributed by atoms with van der Waals surface area (Å²) >= 11 is 0. The second-order valence-corrected chi connectivity index (χ2v) is 5.23. The molecule has 0 fully saturated rings. The number of carbonyl (C=O) groups excluding carboxylic acids is 1. The lowest BCUT2D eigenvalue weighted by Crippen LogP contribution is -2.38. The number of hydrogen-bond acceptors (Lipinski definition) is 5. The van der Waals surface area contributed by atoms with E-state index in [1.807, 2.05) is 25.2 Å². The molecule has 8 nitrogen and oxygen atoms in total. The van der Waals surface area contributed by atoms with E-state index in [4.69, 9.17) is 5.73 Å². The molecule has 4 N–H and O–H groups in total. The van der Waals surface area contributed by atoms with Crippen molar-refractivity contribution in [1.82, 2.24) is 15.5 Å². The molecule has 0 bridgehead atoms. The third-order valence-corrected chi connectivity index (χ3v) is 2.99. The number of nitrogens with one attached hydrogen (secondary N) is 2. The molecule has 1 aliphatic rings. The van der Waals surface area contributed by atoms with Crippen molar-refractivity contribution in [1.29, 1.82) is 0 Å². The van der Waals surface area contributed by atoms with Crippen LogP contribution in [0.3, 0.4) is 0 Å². The van der Waals surface area contributed by atoms with Crippen molar-refractivity contribution in [2.24, 2.45) is 20.7 Å². The van der Waals surface area contributed by atoms with Gasteiger partial charge in [-0.3, -0.25) is 14.8 Å². The molecule has 1 amide bonds. The summed E-state index contributed by atoms with van der Waals surface area (Å²) in [6.45, 7) is 5.34. The van der Waals surface area contributed by atoms with Crippen LogP contribution < -0.4 is 16.4 Å². The van der Waals surface area contributed by atoms with E-state index in [-0.39, 0.29) is 18.3 Å². The van der Waals surface area contributed by atoms with Crippen LogP contribution in [0.5, 0.6) is 0 Å². The normalized spacial score (nSPS) is 21.5. The van der Waals surface area contributed by atoms with E-state index < -0.39 is 0 Å². The van der Waals surface area contributed by atoms with Crippen molar-refractivity contribution in [2.45, 2.75) is 26.7 Å². The third kappa shape index (κ3) is 9.75. The van der Waals surface area contributed by atoms with Gasteiger partial charge >= 0.3 is 0 Å². The maximum Gasteiger partial charge on any atom is 0.243 e. The zero-order valence-corrected chi connectivity index (χ0v) is 14.9. The molecule has 0 spiro atoms. The van der Waals surface area contributed by atoms with E-state index in [0.717, 1.165) is 12.8 Å². The van der Waals surface area contributed by atoms with Gasteiger partial charge in [-0.15, -0.1) is 0 Å². The summed E-state index contributed by atoms with van der Waals surface area (Å²) in [5.41, 5.74) is 5.79. The highest BCUT2D eigenvalue weighted by molar-refractivity contribution is 5.90. The molecule has 25 heavy (non-hydrogen) atoms. The van der Waals surface area contributed by atoms with Crippen LogP contribution >= 0.6 is 0 Å². The maximum absolute atomic E-state index is 11.9. The van der Waals surface area contributed by atoms with Gasteiger partial charge < -0.3 is 21.3 Å². The fourth-order valence-corrected chi connectivity index (χ4v) is 1.74. The zero-order chi connectivity index (χ0) is 18.3. The lowest BCUT2D eigenvalue weighted by atomic mass is 10.3. The smallest absolute Gasteiger partial charge is 0.243 e. The fraction of sp³-hybridized carbons (Fsp3) is 0.412. The molecule has 0 aromatic heterocycles. The molecule has 1 heterocycles. The number of rotatable bonds is 7. The Kier molecular flexibility index (Phi) is 10.1. The predicted molar refractivity (Wildman–Crippen MR) is 103 cm³/mol. The highest BCUT2D eigenvalue weighted by atomic mass is 16.2. The Morgan fingerprint density at radius 2 is 2.32 bits per heavy atom. The molecule has 0 atom stereocenters. The van der Waals surface area contributed by atoms with Gasteiger partial charge in [0, 0.05) is 31.7 Å². The minimum Gasteiger partial charge on any atom is -0.384 e. The Morgan fingerprint density at radius 1 is 1.48 bits per heavy atom. The number of nitrogens with zero attached hydrogens (tertiary/aromatic N) is 4. The summed E-state index contributed by atoms with van der Waals surface area (Å²) in [6, 6.07) is 0. The minimum atomic E-state index is -0.182.